The summed E-state index contributed by atoms with van der Waals surface area (Å²) >= 11 is 1.69. The summed E-state index contributed by atoms with van der Waals surface area (Å²) in [4.78, 5) is 24.4. The lowest BCUT2D eigenvalue weighted by molar-refractivity contribution is -0.124. The van der Waals surface area contributed by atoms with Crippen molar-refractivity contribution in [1.82, 2.24) is 5.32 Å². The quantitative estimate of drug-likeness (QED) is 0.442. The number of esters is 1. The molecule has 0 aliphatic heterocycles. The molecule has 0 spiro atoms. The maximum atomic E-state index is 13.0. The average Bonchev–Trinajstić information content (AvgIpc) is 2.62. The fraction of sp³-hybridized carbons (Fsp3) is 0.222. The molecule has 0 aromatic heterocycles. The van der Waals surface area contributed by atoms with E-state index in [9.17, 15) is 18.4 Å². The molecule has 2 aromatic rings. The summed E-state index contributed by atoms with van der Waals surface area (Å²) in [5, 5.41) is 2.63. The summed E-state index contributed by atoms with van der Waals surface area (Å²) in [7, 11) is 0. The van der Waals surface area contributed by atoms with Gasteiger partial charge >= 0.3 is 5.97 Å². The number of hydrogen-bond donors (Lipinski definition) is 1. The van der Waals surface area contributed by atoms with Gasteiger partial charge in [0.15, 0.2) is 18.2 Å². The van der Waals surface area contributed by atoms with Gasteiger partial charge in [0.25, 0.3) is 5.91 Å². The van der Waals surface area contributed by atoms with Crippen molar-refractivity contribution < 1.29 is 23.1 Å². The summed E-state index contributed by atoms with van der Waals surface area (Å²) in [5.41, 5.74) is -0.147. The number of carbonyl (C=O) groups is 2. The van der Waals surface area contributed by atoms with Crippen molar-refractivity contribution in [1.29, 1.82) is 0 Å². The summed E-state index contributed by atoms with van der Waals surface area (Å²) in [6.45, 7) is -0.00888. The highest BCUT2D eigenvalue weighted by Gasteiger charge is 2.12. The first kappa shape index (κ1) is 18.9. The molecule has 1 amide bonds. The van der Waals surface area contributed by atoms with Crippen molar-refractivity contribution in [3.8, 4) is 0 Å². The van der Waals surface area contributed by atoms with E-state index >= 15 is 0 Å². The summed E-state index contributed by atoms with van der Waals surface area (Å²) in [6, 6.07) is 12.6. The first-order chi connectivity index (χ1) is 12.1. The van der Waals surface area contributed by atoms with E-state index in [1.165, 1.54) is 0 Å². The number of thioether (sulfide) groups is 1. The van der Waals surface area contributed by atoms with Gasteiger partial charge in [-0.2, -0.15) is 0 Å². The van der Waals surface area contributed by atoms with Gasteiger partial charge in [-0.05, 0) is 42.5 Å². The van der Waals surface area contributed by atoms with Crippen LogP contribution in [0.3, 0.4) is 0 Å². The van der Waals surface area contributed by atoms with E-state index in [1.807, 2.05) is 30.3 Å². The van der Waals surface area contributed by atoms with Gasteiger partial charge in [0.1, 0.15) is 0 Å². The van der Waals surface area contributed by atoms with E-state index in [0.717, 1.165) is 35.3 Å². The molecule has 7 heteroatoms. The van der Waals surface area contributed by atoms with Crippen LogP contribution in [0.1, 0.15) is 16.8 Å². The summed E-state index contributed by atoms with van der Waals surface area (Å²) in [5.74, 6) is -2.68. The maximum Gasteiger partial charge on any atom is 0.338 e. The summed E-state index contributed by atoms with van der Waals surface area (Å²) < 4.78 is 30.6. The van der Waals surface area contributed by atoms with Gasteiger partial charge in [-0.25, -0.2) is 13.6 Å². The van der Waals surface area contributed by atoms with Crippen molar-refractivity contribution >= 4 is 23.6 Å². The van der Waals surface area contributed by atoms with Gasteiger partial charge in [-0.1, -0.05) is 18.2 Å². The van der Waals surface area contributed by atoms with Crippen molar-refractivity contribution in [3.05, 3.63) is 65.7 Å². The third kappa shape index (κ3) is 6.54. The third-order valence-electron chi connectivity index (χ3n) is 3.14. The highest BCUT2D eigenvalue weighted by atomic mass is 32.2. The smallest absolute Gasteiger partial charge is 0.338 e. The molecule has 0 radical (unpaired) electrons. The van der Waals surface area contributed by atoms with Crippen LogP contribution in [0.2, 0.25) is 0 Å². The Labute approximate surface area is 148 Å². The molecule has 4 nitrogen and oxygen atoms in total. The standard InChI is InChI=1S/C18H17F2NO3S/c19-15-8-7-13(11-16(15)20)18(23)24-12-17(22)21-9-4-10-25-14-5-2-1-3-6-14/h1-3,5-8,11H,4,9-10,12H2,(H,21,22). The topological polar surface area (TPSA) is 55.4 Å². The Hall–Kier alpha value is -2.41. The van der Waals surface area contributed by atoms with Gasteiger partial charge in [-0.3, -0.25) is 4.79 Å². The normalized spacial score (nSPS) is 10.3. The molecular formula is C18H17F2NO3S. The lowest BCUT2D eigenvalue weighted by Crippen LogP contribution is -2.29. The molecule has 0 aliphatic carbocycles. The Kier molecular flexibility index (Phi) is 7.40. The third-order valence-corrected chi connectivity index (χ3v) is 4.24. The van der Waals surface area contributed by atoms with E-state index in [2.05, 4.69) is 5.32 Å². The van der Waals surface area contributed by atoms with Crippen LogP contribution in [-0.4, -0.2) is 30.8 Å². The minimum Gasteiger partial charge on any atom is -0.452 e. The van der Waals surface area contributed by atoms with E-state index in [0.29, 0.717) is 6.54 Å². The van der Waals surface area contributed by atoms with E-state index in [4.69, 9.17) is 4.74 Å². The van der Waals surface area contributed by atoms with Gasteiger partial charge in [0.2, 0.25) is 0 Å². The van der Waals surface area contributed by atoms with Crippen LogP contribution in [0.4, 0.5) is 8.78 Å². The second-order valence-electron chi connectivity index (χ2n) is 5.07. The van der Waals surface area contributed by atoms with Crippen molar-refractivity contribution in [3.63, 3.8) is 0 Å². The zero-order valence-corrected chi connectivity index (χ0v) is 14.2. The molecule has 0 bridgehead atoms. The first-order valence-electron chi connectivity index (χ1n) is 7.63. The van der Waals surface area contributed by atoms with Crippen LogP contribution < -0.4 is 5.32 Å². The molecule has 0 aliphatic rings. The number of halogens is 2. The van der Waals surface area contributed by atoms with Crippen LogP contribution in [0.5, 0.6) is 0 Å². The fourth-order valence-corrected chi connectivity index (χ4v) is 2.77. The molecule has 25 heavy (non-hydrogen) atoms. The molecule has 2 aromatic carbocycles. The van der Waals surface area contributed by atoms with E-state index in [1.54, 1.807) is 11.8 Å². The van der Waals surface area contributed by atoms with Crippen LogP contribution in [-0.2, 0) is 9.53 Å². The van der Waals surface area contributed by atoms with E-state index in [-0.39, 0.29) is 5.56 Å². The van der Waals surface area contributed by atoms with Crippen LogP contribution >= 0.6 is 11.8 Å². The van der Waals surface area contributed by atoms with Gasteiger partial charge in [-0.15, -0.1) is 11.8 Å². The Morgan fingerprint density at radius 3 is 2.52 bits per heavy atom. The average molecular weight is 365 g/mol. The Morgan fingerprint density at radius 2 is 1.80 bits per heavy atom. The molecule has 0 heterocycles. The highest BCUT2D eigenvalue weighted by Crippen LogP contribution is 2.17. The number of hydrogen-bond acceptors (Lipinski definition) is 4. The summed E-state index contributed by atoms with van der Waals surface area (Å²) in [6.07, 6.45) is 0.766. The number of benzene rings is 2. The number of ether oxygens (including phenoxy) is 1. The van der Waals surface area contributed by atoms with Crippen LogP contribution in [0.25, 0.3) is 0 Å². The molecular weight excluding hydrogens is 348 g/mol. The fourth-order valence-electron chi connectivity index (χ4n) is 1.90. The molecule has 0 unspecified atom stereocenters. The molecule has 0 saturated heterocycles. The molecule has 132 valence electrons. The predicted octanol–water partition coefficient (Wildman–Crippen LogP) is 3.42. The molecule has 2 rings (SSSR count). The van der Waals surface area contributed by atoms with Gasteiger partial charge in [0, 0.05) is 11.4 Å². The van der Waals surface area contributed by atoms with Crippen LogP contribution in [0, 0.1) is 11.6 Å². The lowest BCUT2D eigenvalue weighted by Gasteiger charge is -2.07. The molecule has 0 fully saturated rings. The molecule has 0 atom stereocenters. The minimum atomic E-state index is -1.14. The highest BCUT2D eigenvalue weighted by molar-refractivity contribution is 7.99. The van der Waals surface area contributed by atoms with Crippen molar-refractivity contribution in [2.75, 3.05) is 18.9 Å². The zero-order valence-electron chi connectivity index (χ0n) is 13.3. The first-order valence-corrected chi connectivity index (χ1v) is 8.61. The second kappa shape index (κ2) is 9.78. The SMILES string of the molecule is O=C(COC(=O)c1ccc(F)c(F)c1)NCCCSc1ccccc1. The molecule has 1 N–H and O–H groups in total. The second-order valence-corrected chi connectivity index (χ2v) is 6.24. The van der Waals surface area contributed by atoms with Crippen molar-refractivity contribution in [2.45, 2.75) is 11.3 Å². The van der Waals surface area contributed by atoms with Gasteiger partial charge < -0.3 is 10.1 Å². The minimum absolute atomic E-state index is 0.147. The van der Waals surface area contributed by atoms with E-state index < -0.39 is 30.1 Å². The Balaban J connectivity index is 1.61. The number of amides is 1. The number of rotatable bonds is 8. The maximum absolute atomic E-state index is 13.0. The number of nitrogens with one attached hydrogen (secondary N) is 1. The number of carbonyl (C=O) groups excluding carboxylic acids is 2. The Morgan fingerprint density at radius 1 is 1.04 bits per heavy atom. The van der Waals surface area contributed by atoms with Crippen LogP contribution in [0.15, 0.2) is 53.4 Å². The lowest BCUT2D eigenvalue weighted by atomic mass is 10.2. The van der Waals surface area contributed by atoms with Crippen molar-refractivity contribution in [2.24, 2.45) is 0 Å². The molecule has 0 saturated carbocycles. The Bertz CT molecular complexity index is 726. The van der Waals surface area contributed by atoms with Gasteiger partial charge in [0.05, 0.1) is 5.56 Å². The largest absolute Gasteiger partial charge is 0.452 e. The zero-order chi connectivity index (χ0) is 18.1. The predicted molar refractivity (Wildman–Crippen MR) is 91.4 cm³/mol. The monoisotopic (exact) mass is 365 g/mol.